The van der Waals surface area contributed by atoms with Crippen LogP contribution in [0.15, 0.2) is 4.99 Å². The van der Waals surface area contributed by atoms with E-state index in [-0.39, 0.29) is 0 Å². The Bertz CT molecular complexity index is 126. The summed E-state index contributed by atoms with van der Waals surface area (Å²) in [6.07, 6.45) is 3.85. The van der Waals surface area contributed by atoms with E-state index in [1.54, 1.807) is 0 Å². The van der Waals surface area contributed by atoms with E-state index in [0.717, 1.165) is 6.54 Å². The zero-order valence-electron chi connectivity index (χ0n) is 7.01. The van der Waals surface area contributed by atoms with Gasteiger partial charge in [0.05, 0.1) is 0 Å². The van der Waals surface area contributed by atoms with Gasteiger partial charge in [0, 0.05) is 18.1 Å². The minimum absolute atomic E-state index is 1.03. The summed E-state index contributed by atoms with van der Waals surface area (Å²) >= 11 is 3.85. The molecule has 0 aromatic heterocycles. The van der Waals surface area contributed by atoms with Crippen LogP contribution in [0.5, 0.6) is 0 Å². The Morgan fingerprint density at radius 3 is 2.73 bits per heavy atom. The first-order chi connectivity index (χ1) is 5.43. The van der Waals surface area contributed by atoms with Crippen molar-refractivity contribution in [3.8, 4) is 0 Å². The molecule has 0 unspecified atom stereocenters. The lowest BCUT2D eigenvalue weighted by Gasteiger charge is -2.10. The summed E-state index contributed by atoms with van der Waals surface area (Å²) in [5.41, 5.74) is 0. The van der Waals surface area contributed by atoms with Gasteiger partial charge in [-0.25, -0.2) is 0 Å². The predicted molar refractivity (Wildman–Crippen MR) is 56.7 cm³/mol. The number of nitrogens with zero attached hydrogens (tertiary/aromatic N) is 1. The van der Waals surface area contributed by atoms with E-state index in [4.69, 9.17) is 0 Å². The summed E-state index contributed by atoms with van der Waals surface area (Å²) in [7, 11) is 0. The van der Waals surface area contributed by atoms with E-state index < -0.39 is 0 Å². The normalized spacial score (nSPS) is 18.5. The molecule has 0 atom stereocenters. The Morgan fingerprint density at radius 1 is 1.36 bits per heavy atom. The van der Waals surface area contributed by atoms with Crippen molar-refractivity contribution in [1.29, 1.82) is 0 Å². The highest BCUT2D eigenvalue weighted by molar-refractivity contribution is 8.39. The van der Waals surface area contributed by atoms with Gasteiger partial charge in [-0.15, -0.1) is 0 Å². The zero-order valence-corrected chi connectivity index (χ0v) is 8.64. The van der Waals surface area contributed by atoms with Crippen LogP contribution in [0.2, 0.25) is 0 Å². The summed E-state index contributed by atoms with van der Waals surface area (Å²) in [4.78, 5) is 4.52. The average molecular weight is 189 g/mol. The first-order valence-electron chi connectivity index (χ1n) is 4.23. The number of rotatable bonds is 3. The van der Waals surface area contributed by atoms with E-state index in [1.807, 2.05) is 23.5 Å². The molecule has 0 aromatic rings. The van der Waals surface area contributed by atoms with Gasteiger partial charge in [0.2, 0.25) is 0 Å². The second-order valence-electron chi connectivity index (χ2n) is 2.55. The molecule has 0 spiro atoms. The molecule has 11 heavy (non-hydrogen) atoms. The number of hydrogen-bond acceptors (Lipinski definition) is 3. The van der Waals surface area contributed by atoms with Gasteiger partial charge in [0.15, 0.2) is 0 Å². The molecule has 0 bridgehead atoms. The van der Waals surface area contributed by atoms with Crippen molar-refractivity contribution in [3.63, 3.8) is 0 Å². The van der Waals surface area contributed by atoms with E-state index in [0.29, 0.717) is 0 Å². The van der Waals surface area contributed by atoms with Gasteiger partial charge in [-0.2, -0.15) is 0 Å². The third kappa shape index (κ3) is 4.06. The quantitative estimate of drug-likeness (QED) is 0.633. The Hall–Kier alpha value is 0.370. The third-order valence-corrected chi connectivity index (χ3v) is 3.94. The maximum atomic E-state index is 4.52. The lowest BCUT2D eigenvalue weighted by molar-refractivity contribution is 0.810. The summed E-state index contributed by atoms with van der Waals surface area (Å²) < 4.78 is 1.32. The van der Waals surface area contributed by atoms with Gasteiger partial charge in [0.25, 0.3) is 0 Å². The third-order valence-electron chi connectivity index (χ3n) is 1.49. The largest absolute Gasteiger partial charge is 0.272 e. The Labute approximate surface area is 77.4 Å². The summed E-state index contributed by atoms with van der Waals surface area (Å²) in [5, 5.41) is 0. The van der Waals surface area contributed by atoms with Gasteiger partial charge in [-0.3, -0.25) is 4.99 Å². The molecule has 64 valence electrons. The van der Waals surface area contributed by atoms with Crippen LogP contribution in [0, 0.1) is 0 Å². The van der Waals surface area contributed by atoms with Gasteiger partial charge < -0.3 is 0 Å². The van der Waals surface area contributed by atoms with Crippen LogP contribution in [0.4, 0.5) is 0 Å². The summed E-state index contributed by atoms with van der Waals surface area (Å²) in [6.45, 7) is 3.24. The molecule has 0 saturated carbocycles. The van der Waals surface area contributed by atoms with Crippen molar-refractivity contribution < 1.29 is 0 Å². The molecule has 1 rings (SSSR count). The molecule has 1 aliphatic heterocycles. The number of unbranched alkanes of at least 4 members (excludes halogenated alkanes) is 1. The minimum atomic E-state index is 1.03. The van der Waals surface area contributed by atoms with Crippen LogP contribution >= 0.6 is 23.5 Å². The molecule has 0 aromatic carbocycles. The maximum absolute atomic E-state index is 4.52. The van der Waals surface area contributed by atoms with Crippen molar-refractivity contribution in [2.24, 2.45) is 4.99 Å². The van der Waals surface area contributed by atoms with Crippen molar-refractivity contribution >= 4 is 27.9 Å². The molecule has 0 N–H and O–H groups in total. The topological polar surface area (TPSA) is 12.4 Å². The maximum Gasteiger partial charge on any atom is 0.124 e. The molecule has 1 heterocycles. The van der Waals surface area contributed by atoms with Crippen molar-refractivity contribution in [2.75, 3.05) is 18.1 Å². The molecule has 1 aliphatic rings. The molecule has 1 nitrogen and oxygen atoms in total. The molecular formula is C8H15NS2. The van der Waals surface area contributed by atoms with Crippen LogP contribution in [-0.2, 0) is 0 Å². The number of thioether (sulfide) groups is 2. The average Bonchev–Trinajstić information content (AvgIpc) is 2.07. The fourth-order valence-electron chi connectivity index (χ4n) is 0.839. The summed E-state index contributed by atoms with van der Waals surface area (Å²) in [6, 6.07) is 0. The summed E-state index contributed by atoms with van der Waals surface area (Å²) in [5.74, 6) is 2.55. The van der Waals surface area contributed by atoms with Crippen molar-refractivity contribution in [3.05, 3.63) is 0 Å². The Morgan fingerprint density at radius 2 is 2.09 bits per heavy atom. The van der Waals surface area contributed by atoms with Gasteiger partial charge in [-0.05, 0) is 12.8 Å². The standard InChI is InChI=1S/C8H15NS2/c1-2-3-5-9-8-10-6-4-7-11-8/h2-7H2,1H3. The molecule has 0 amide bonds. The Balaban J connectivity index is 2.15. The van der Waals surface area contributed by atoms with Crippen LogP contribution in [0.1, 0.15) is 26.2 Å². The SMILES string of the molecule is CCCCN=C1SCCCS1. The van der Waals surface area contributed by atoms with Crippen molar-refractivity contribution in [2.45, 2.75) is 26.2 Å². The van der Waals surface area contributed by atoms with E-state index >= 15 is 0 Å². The molecule has 0 radical (unpaired) electrons. The monoisotopic (exact) mass is 189 g/mol. The Kier molecular flexibility index (Phi) is 5.12. The molecule has 1 fully saturated rings. The van der Waals surface area contributed by atoms with Crippen LogP contribution in [-0.4, -0.2) is 22.4 Å². The first-order valence-corrected chi connectivity index (χ1v) is 6.20. The molecular weight excluding hydrogens is 174 g/mol. The lowest BCUT2D eigenvalue weighted by atomic mass is 10.3. The van der Waals surface area contributed by atoms with E-state index in [1.165, 1.54) is 35.1 Å². The molecule has 0 aliphatic carbocycles. The van der Waals surface area contributed by atoms with Crippen LogP contribution < -0.4 is 0 Å². The van der Waals surface area contributed by atoms with Gasteiger partial charge in [-0.1, -0.05) is 36.9 Å². The van der Waals surface area contributed by atoms with Crippen LogP contribution in [0.3, 0.4) is 0 Å². The second kappa shape index (κ2) is 5.95. The van der Waals surface area contributed by atoms with Gasteiger partial charge >= 0.3 is 0 Å². The highest BCUT2D eigenvalue weighted by Gasteiger charge is 2.06. The zero-order chi connectivity index (χ0) is 7.94. The highest BCUT2D eigenvalue weighted by Crippen LogP contribution is 2.24. The second-order valence-corrected chi connectivity index (χ2v) is 4.98. The molecule has 1 saturated heterocycles. The number of aliphatic imine (C=N–C) groups is 1. The molecule has 3 heteroatoms. The minimum Gasteiger partial charge on any atom is -0.272 e. The fourth-order valence-corrected chi connectivity index (χ4v) is 3.15. The fraction of sp³-hybridized carbons (Fsp3) is 0.875. The van der Waals surface area contributed by atoms with Gasteiger partial charge in [0.1, 0.15) is 4.38 Å². The lowest BCUT2D eigenvalue weighted by Crippen LogP contribution is -2.00. The first kappa shape index (κ1) is 9.46. The predicted octanol–water partition coefficient (Wildman–Crippen LogP) is 3.01. The smallest absolute Gasteiger partial charge is 0.124 e. The van der Waals surface area contributed by atoms with Crippen molar-refractivity contribution in [1.82, 2.24) is 0 Å². The van der Waals surface area contributed by atoms with E-state index in [9.17, 15) is 0 Å². The highest BCUT2D eigenvalue weighted by atomic mass is 32.2. The van der Waals surface area contributed by atoms with Crippen LogP contribution in [0.25, 0.3) is 0 Å². The van der Waals surface area contributed by atoms with E-state index in [2.05, 4.69) is 11.9 Å². The number of hydrogen-bond donors (Lipinski definition) is 0.